The van der Waals surface area contributed by atoms with E-state index in [1.807, 2.05) is 6.92 Å². The number of morpholine rings is 1. The third-order valence-corrected chi connectivity index (χ3v) is 4.94. The van der Waals surface area contributed by atoms with E-state index in [4.69, 9.17) is 10.5 Å². The van der Waals surface area contributed by atoms with Crippen LogP contribution in [0.15, 0.2) is 23.1 Å². The van der Waals surface area contributed by atoms with Crippen molar-refractivity contribution in [2.75, 3.05) is 25.4 Å². The summed E-state index contributed by atoms with van der Waals surface area (Å²) in [4.78, 5) is 0.295. The summed E-state index contributed by atoms with van der Waals surface area (Å²) in [5.74, 6) is 0. The molecule has 2 rings (SSSR count). The Morgan fingerprint density at radius 1 is 1.44 bits per heavy atom. The maximum absolute atomic E-state index is 12.4. The Morgan fingerprint density at radius 3 is 2.78 bits per heavy atom. The minimum Gasteiger partial charge on any atom is -0.399 e. The van der Waals surface area contributed by atoms with Crippen molar-refractivity contribution in [2.24, 2.45) is 0 Å². The zero-order chi connectivity index (χ0) is 13.3. The topological polar surface area (TPSA) is 72.6 Å². The molecule has 5 nitrogen and oxygen atoms in total. The maximum atomic E-state index is 12.4. The second-order valence-electron chi connectivity index (χ2n) is 4.56. The lowest BCUT2D eigenvalue weighted by molar-refractivity contribution is 0.0102. The van der Waals surface area contributed by atoms with E-state index in [2.05, 4.69) is 0 Å². The lowest BCUT2D eigenvalue weighted by atomic mass is 10.2. The van der Waals surface area contributed by atoms with Crippen LogP contribution < -0.4 is 5.73 Å². The Balaban J connectivity index is 2.32. The summed E-state index contributed by atoms with van der Waals surface area (Å²) >= 11 is 0. The Morgan fingerprint density at radius 2 is 2.17 bits per heavy atom. The average Bonchev–Trinajstić information content (AvgIpc) is 2.32. The summed E-state index contributed by atoms with van der Waals surface area (Å²) in [5.41, 5.74) is 7.08. The minimum absolute atomic E-state index is 0.0663. The molecular weight excluding hydrogens is 252 g/mol. The van der Waals surface area contributed by atoms with E-state index < -0.39 is 10.0 Å². The number of nitrogens with two attached hydrogens (primary N) is 1. The van der Waals surface area contributed by atoms with E-state index >= 15 is 0 Å². The molecule has 1 saturated heterocycles. The Hall–Kier alpha value is -1.11. The van der Waals surface area contributed by atoms with Gasteiger partial charge in [-0.1, -0.05) is 0 Å². The van der Waals surface area contributed by atoms with E-state index in [-0.39, 0.29) is 6.10 Å². The Labute approximate surface area is 108 Å². The maximum Gasteiger partial charge on any atom is 0.243 e. The predicted molar refractivity (Wildman–Crippen MR) is 69.8 cm³/mol. The summed E-state index contributed by atoms with van der Waals surface area (Å²) in [6.45, 7) is 4.91. The molecule has 1 aliphatic rings. The van der Waals surface area contributed by atoms with Crippen molar-refractivity contribution in [1.82, 2.24) is 4.31 Å². The normalized spacial score (nSPS) is 22.0. The fourth-order valence-corrected chi connectivity index (χ4v) is 3.55. The monoisotopic (exact) mass is 270 g/mol. The van der Waals surface area contributed by atoms with E-state index in [1.54, 1.807) is 25.1 Å². The predicted octanol–water partition coefficient (Wildman–Crippen LogP) is 0.987. The number of hydrogen-bond donors (Lipinski definition) is 1. The molecule has 0 aromatic heterocycles. The smallest absolute Gasteiger partial charge is 0.243 e. The molecule has 0 spiro atoms. The van der Waals surface area contributed by atoms with Crippen LogP contribution in [-0.2, 0) is 14.8 Å². The van der Waals surface area contributed by atoms with E-state index in [0.717, 1.165) is 5.56 Å². The average molecular weight is 270 g/mol. The SMILES string of the molecule is Cc1cc(S(=O)(=O)N2CCOC(C)C2)ccc1N. The zero-order valence-corrected chi connectivity index (χ0v) is 11.4. The van der Waals surface area contributed by atoms with E-state index in [0.29, 0.717) is 30.3 Å². The first-order valence-electron chi connectivity index (χ1n) is 5.89. The molecule has 100 valence electrons. The fraction of sp³-hybridized carbons (Fsp3) is 0.500. The van der Waals surface area contributed by atoms with Crippen molar-refractivity contribution in [3.8, 4) is 0 Å². The van der Waals surface area contributed by atoms with Crippen molar-refractivity contribution in [3.05, 3.63) is 23.8 Å². The van der Waals surface area contributed by atoms with Crippen LogP contribution in [0.5, 0.6) is 0 Å². The number of sulfonamides is 1. The van der Waals surface area contributed by atoms with Crippen LogP contribution in [0.25, 0.3) is 0 Å². The Bertz CT molecular complexity index is 542. The molecule has 1 aromatic rings. The summed E-state index contributed by atoms with van der Waals surface area (Å²) in [6.07, 6.45) is -0.0663. The highest BCUT2D eigenvalue weighted by Crippen LogP contribution is 2.22. The molecule has 0 radical (unpaired) electrons. The van der Waals surface area contributed by atoms with Gasteiger partial charge in [0.15, 0.2) is 0 Å². The van der Waals surface area contributed by atoms with Crippen molar-refractivity contribution in [2.45, 2.75) is 24.8 Å². The molecule has 2 N–H and O–H groups in total. The lowest BCUT2D eigenvalue weighted by Crippen LogP contribution is -2.44. The van der Waals surface area contributed by atoms with Gasteiger partial charge >= 0.3 is 0 Å². The number of nitrogens with zero attached hydrogens (tertiary/aromatic N) is 1. The molecule has 0 aliphatic carbocycles. The van der Waals surface area contributed by atoms with Gasteiger partial charge in [-0.3, -0.25) is 0 Å². The fourth-order valence-electron chi connectivity index (χ4n) is 1.96. The molecule has 1 aromatic carbocycles. The molecule has 18 heavy (non-hydrogen) atoms. The number of hydrogen-bond acceptors (Lipinski definition) is 4. The molecule has 1 fully saturated rings. The van der Waals surface area contributed by atoms with Gasteiger partial charge in [-0.15, -0.1) is 0 Å². The molecule has 1 unspecified atom stereocenters. The summed E-state index contributed by atoms with van der Waals surface area (Å²) in [7, 11) is -3.44. The highest BCUT2D eigenvalue weighted by molar-refractivity contribution is 7.89. The van der Waals surface area contributed by atoms with Gasteiger partial charge in [0.25, 0.3) is 0 Å². The van der Waals surface area contributed by atoms with Crippen molar-refractivity contribution in [3.63, 3.8) is 0 Å². The molecule has 0 amide bonds. The number of rotatable bonds is 2. The first-order valence-corrected chi connectivity index (χ1v) is 7.33. The lowest BCUT2D eigenvalue weighted by Gasteiger charge is -2.30. The van der Waals surface area contributed by atoms with Crippen LogP contribution in [0.1, 0.15) is 12.5 Å². The quantitative estimate of drug-likeness (QED) is 0.813. The third kappa shape index (κ3) is 2.50. The molecule has 0 saturated carbocycles. The summed E-state index contributed by atoms with van der Waals surface area (Å²) in [6, 6.07) is 4.80. The number of ether oxygens (including phenoxy) is 1. The standard InChI is InChI=1S/C12H18N2O3S/c1-9-7-11(3-4-12(9)13)18(15,16)14-5-6-17-10(2)8-14/h3-4,7,10H,5-6,8,13H2,1-2H3. The molecule has 1 atom stereocenters. The van der Waals surface area contributed by atoms with Gasteiger partial charge in [-0.25, -0.2) is 8.42 Å². The number of anilines is 1. The second-order valence-corrected chi connectivity index (χ2v) is 6.50. The molecule has 1 aliphatic heterocycles. The first-order chi connectivity index (χ1) is 8.41. The van der Waals surface area contributed by atoms with Gasteiger partial charge in [0.1, 0.15) is 0 Å². The highest BCUT2D eigenvalue weighted by Gasteiger charge is 2.29. The van der Waals surface area contributed by atoms with Gasteiger partial charge in [-0.05, 0) is 37.6 Å². The van der Waals surface area contributed by atoms with Crippen LogP contribution in [0, 0.1) is 6.92 Å². The molecule has 0 bridgehead atoms. The zero-order valence-electron chi connectivity index (χ0n) is 10.6. The van der Waals surface area contributed by atoms with E-state index in [9.17, 15) is 8.42 Å². The van der Waals surface area contributed by atoms with Crippen LogP contribution in [0.3, 0.4) is 0 Å². The van der Waals surface area contributed by atoms with Crippen LogP contribution in [0.2, 0.25) is 0 Å². The van der Waals surface area contributed by atoms with Gasteiger partial charge < -0.3 is 10.5 Å². The van der Waals surface area contributed by atoms with Crippen molar-refractivity contribution >= 4 is 15.7 Å². The highest BCUT2D eigenvalue weighted by atomic mass is 32.2. The number of benzene rings is 1. The van der Waals surface area contributed by atoms with Crippen LogP contribution >= 0.6 is 0 Å². The van der Waals surface area contributed by atoms with Crippen molar-refractivity contribution in [1.29, 1.82) is 0 Å². The van der Waals surface area contributed by atoms with Gasteiger partial charge in [0.05, 0.1) is 17.6 Å². The van der Waals surface area contributed by atoms with Crippen LogP contribution in [-0.4, -0.2) is 38.5 Å². The molecular formula is C12H18N2O3S. The third-order valence-electron chi connectivity index (χ3n) is 3.08. The Kier molecular flexibility index (Phi) is 3.61. The second kappa shape index (κ2) is 4.87. The molecule has 1 heterocycles. The number of nitrogen functional groups attached to an aromatic ring is 1. The molecule has 6 heteroatoms. The van der Waals surface area contributed by atoms with Gasteiger partial charge in [0.2, 0.25) is 10.0 Å². The number of aryl methyl sites for hydroxylation is 1. The first kappa shape index (κ1) is 13.3. The minimum atomic E-state index is -3.44. The van der Waals surface area contributed by atoms with Crippen LogP contribution in [0.4, 0.5) is 5.69 Å². The van der Waals surface area contributed by atoms with Gasteiger partial charge in [0, 0.05) is 18.8 Å². The summed E-state index contributed by atoms with van der Waals surface area (Å²) in [5, 5.41) is 0. The summed E-state index contributed by atoms with van der Waals surface area (Å²) < 4.78 is 31.7. The van der Waals surface area contributed by atoms with Crippen molar-refractivity contribution < 1.29 is 13.2 Å². The largest absolute Gasteiger partial charge is 0.399 e. The van der Waals surface area contributed by atoms with E-state index in [1.165, 1.54) is 4.31 Å². The van der Waals surface area contributed by atoms with Gasteiger partial charge in [-0.2, -0.15) is 4.31 Å².